The van der Waals surface area contributed by atoms with Gasteiger partial charge in [0.1, 0.15) is 0 Å². The van der Waals surface area contributed by atoms with Crippen LogP contribution in [0.1, 0.15) is 18.4 Å². The van der Waals surface area contributed by atoms with Gasteiger partial charge in [0.25, 0.3) is 0 Å². The Morgan fingerprint density at radius 3 is 3.00 bits per heavy atom. The first kappa shape index (κ1) is 14.9. The minimum Gasteiger partial charge on any atom is -0.364 e. The molecule has 1 saturated carbocycles. The second-order valence-corrected chi connectivity index (χ2v) is 7.29. The van der Waals surface area contributed by atoms with Crippen LogP contribution in [0.4, 0.5) is 11.4 Å². The van der Waals surface area contributed by atoms with Crippen molar-refractivity contribution in [3.63, 3.8) is 0 Å². The van der Waals surface area contributed by atoms with Crippen molar-refractivity contribution in [3.05, 3.63) is 42.2 Å². The van der Waals surface area contributed by atoms with E-state index < -0.39 is 0 Å². The minimum absolute atomic E-state index is 0.196. The quantitative estimate of drug-likeness (QED) is 0.915. The zero-order valence-corrected chi connectivity index (χ0v) is 14.4. The Morgan fingerprint density at radius 1 is 1.16 bits per heavy atom. The molecule has 1 aromatic carbocycles. The van der Waals surface area contributed by atoms with E-state index in [4.69, 9.17) is 0 Å². The van der Waals surface area contributed by atoms with Crippen LogP contribution in [0.5, 0.6) is 0 Å². The Labute approximate surface area is 147 Å². The summed E-state index contributed by atoms with van der Waals surface area (Å²) in [6.45, 7) is 2.09. The Bertz CT molecular complexity index is 849. The molecule has 1 saturated heterocycles. The molecule has 2 aliphatic heterocycles. The first-order valence-corrected chi connectivity index (χ1v) is 9.05. The lowest BCUT2D eigenvalue weighted by Gasteiger charge is -2.29. The zero-order chi connectivity index (χ0) is 17.0. The van der Waals surface area contributed by atoms with E-state index in [2.05, 4.69) is 39.5 Å². The summed E-state index contributed by atoms with van der Waals surface area (Å²) in [7, 11) is 1.86. The Morgan fingerprint density at radius 2 is 2.08 bits per heavy atom. The van der Waals surface area contributed by atoms with Gasteiger partial charge in [-0.15, -0.1) is 0 Å². The highest BCUT2D eigenvalue weighted by Crippen LogP contribution is 2.36. The number of nitrogens with zero attached hydrogens (tertiary/aromatic N) is 3. The topological polar surface area (TPSA) is 48.5 Å². The average molecular weight is 334 g/mol. The Kier molecular flexibility index (Phi) is 3.31. The van der Waals surface area contributed by atoms with Crippen LogP contribution in [0.2, 0.25) is 0 Å². The summed E-state index contributed by atoms with van der Waals surface area (Å²) >= 11 is 0. The Balaban J connectivity index is 1.48. The molecule has 0 radical (unpaired) electrons. The van der Waals surface area contributed by atoms with Gasteiger partial charge in [-0.05, 0) is 42.2 Å². The lowest BCUT2D eigenvalue weighted by atomic mass is 9.96. The van der Waals surface area contributed by atoms with Gasteiger partial charge in [-0.25, -0.2) is 0 Å². The van der Waals surface area contributed by atoms with Crippen LogP contribution in [-0.2, 0) is 11.2 Å². The second kappa shape index (κ2) is 5.56. The van der Waals surface area contributed by atoms with Crippen molar-refractivity contribution >= 4 is 17.3 Å². The number of piperazine rings is 1. The van der Waals surface area contributed by atoms with Crippen molar-refractivity contribution < 1.29 is 4.79 Å². The lowest BCUT2D eigenvalue weighted by Crippen LogP contribution is -2.43. The van der Waals surface area contributed by atoms with Gasteiger partial charge in [0, 0.05) is 56.1 Å². The van der Waals surface area contributed by atoms with Crippen LogP contribution in [0.3, 0.4) is 0 Å². The van der Waals surface area contributed by atoms with E-state index in [0.717, 1.165) is 30.8 Å². The molecule has 1 aliphatic carbocycles. The van der Waals surface area contributed by atoms with Crippen LogP contribution in [-0.4, -0.2) is 43.1 Å². The monoisotopic (exact) mass is 334 g/mol. The molecule has 2 unspecified atom stereocenters. The summed E-state index contributed by atoms with van der Waals surface area (Å²) in [5.41, 5.74) is 5.83. The van der Waals surface area contributed by atoms with E-state index >= 15 is 0 Å². The standard InChI is InChI=1S/C20H22N4O/c1-23-18-4-2-13(8-14(18)3-5-20(23)25)15-9-16(12-21-11-15)24-7-6-22-17-10-19(17)24/h2,4,8-9,11-12,17,19,22H,3,5-7,10H2,1H3. The summed E-state index contributed by atoms with van der Waals surface area (Å²) in [4.78, 5) is 20.6. The van der Waals surface area contributed by atoms with Crippen LogP contribution < -0.4 is 15.1 Å². The van der Waals surface area contributed by atoms with Gasteiger partial charge < -0.3 is 15.1 Å². The maximum absolute atomic E-state index is 11.9. The molecular weight excluding hydrogens is 312 g/mol. The lowest BCUT2D eigenvalue weighted by molar-refractivity contribution is -0.118. The maximum Gasteiger partial charge on any atom is 0.227 e. The molecule has 1 aromatic heterocycles. The second-order valence-electron chi connectivity index (χ2n) is 7.29. The molecule has 2 fully saturated rings. The van der Waals surface area contributed by atoms with Gasteiger partial charge in [-0.3, -0.25) is 9.78 Å². The molecule has 0 spiro atoms. The number of rotatable bonds is 2. The number of amides is 1. The number of aryl methyl sites for hydroxylation is 1. The summed E-state index contributed by atoms with van der Waals surface area (Å²) in [5, 5.41) is 3.55. The third-order valence-corrected chi connectivity index (χ3v) is 5.73. The molecule has 1 N–H and O–H groups in total. The normalized spacial score (nSPS) is 24.8. The fourth-order valence-corrected chi connectivity index (χ4v) is 4.18. The van der Waals surface area contributed by atoms with Gasteiger partial charge in [0.05, 0.1) is 11.9 Å². The van der Waals surface area contributed by atoms with E-state index in [9.17, 15) is 4.79 Å². The van der Waals surface area contributed by atoms with E-state index in [-0.39, 0.29) is 5.91 Å². The number of carbonyl (C=O) groups is 1. The molecular formula is C20H22N4O. The number of benzene rings is 1. The van der Waals surface area contributed by atoms with Gasteiger partial charge in [-0.1, -0.05) is 6.07 Å². The van der Waals surface area contributed by atoms with E-state index in [1.54, 1.807) is 4.90 Å². The minimum atomic E-state index is 0.196. The van der Waals surface area contributed by atoms with Crippen LogP contribution in [0.15, 0.2) is 36.7 Å². The van der Waals surface area contributed by atoms with Gasteiger partial charge in [0.2, 0.25) is 5.91 Å². The van der Waals surface area contributed by atoms with Crippen LogP contribution >= 0.6 is 0 Å². The van der Waals surface area contributed by atoms with Gasteiger partial charge in [0.15, 0.2) is 0 Å². The highest BCUT2D eigenvalue weighted by molar-refractivity contribution is 5.96. The predicted molar refractivity (Wildman–Crippen MR) is 98.9 cm³/mol. The number of anilines is 2. The first-order chi connectivity index (χ1) is 12.2. The summed E-state index contributed by atoms with van der Waals surface area (Å²) in [6.07, 6.45) is 6.57. The number of hydrogen-bond acceptors (Lipinski definition) is 4. The first-order valence-electron chi connectivity index (χ1n) is 9.05. The number of pyridine rings is 1. The fraction of sp³-hybridized carbons (Fsp3) is 0.400. The Hall–Kier alpha value is -2.40. The van der Waals surface area contributed by atoms with Crippen molar-refractivity contribution in [2.24, 2.45) is 0 Å². The van der Waals surface area contributed by atoms with E-state index in [0.29, 0.717) is 18.5 Å². The maximum atomic E-state index is 11.9. The number of carbonyl (C=O) groups excluding carboxylic acids is 1. The van der Waals surface area contributed by atoms with Crippen LogP contribution in [0, 0.1) is 0 Å². The zero-order valence-electron chi connectivity index (χ0n) is 14.4. The fourth-order valence-electron chi connectivity index (χ4n) is 4.18. The molecule has 5 heteroatoms. The molecule has 25 heavy (non-hydrogen) atoms. The number of aromatic nitrogens is 1. The summed E-state index contributed by atoms with van der Waals surface area (Å²) < 4.78 is 0. The molecule has 2 aromatic rings. The highest BCUT2D eigenvalue weighted by Gasteiger charge is 2.44. The molecule has 3 heterocycles. The number of fused-ring (bicyclic) bond motifs is 2. The number of hydrogen-bond donors (Lipinski definition) is 1. The number of nitrogens with one attached hydrogen (secondary N) is 1. The van der Waals surface area contributed by atoms with E-state index in [1.807, 2.05) is 19.4 Å². The molecule has 3 aliphatic rings. The molecule has 0 bridgehead atoms. The average Bonchev–Trinajstić information content (AvgIpc) is 3.44. The predicted octanol–water partition coefficient (Wildman–Crippen LogP) is 2.21. The van der Waals surface area contributed by atoms with Gasteiger partial charge >= 0.3 is 0 Å². The molecule has 128 valence electrons. The highest BCUT2D eigenvalue weighted by atomic mass is 16.2. The van der Waals surface area contributed by atoms with E-state index in [1.165, 1.54) is 23.2 Å². The largest absolute Gasteiger partial charge is 0.364 e. The third kappa shape index (κ3) is 2.50. The molecule has 1 amide bonds. The molecule has 5 rings (SSSR count). The smallest absolute Gasteiger partial charge is 0.227 e. The van der Waals surface area contributed by atoms with Crippen molar-refractivity contribution in [1.82, 2.24) is 10.3 Å². The molecule has 2 atom stereocenters. The van der Waals surface area contributed by atoms with Gasteiger partial charge in [-0.2, -0.15) is 0 Å². The van der Waals surface area contributed by atoms with Crippen molar-refractivity contribution in [2.45, 2.75) is 31.3 Å². The van der Waals surface area contributed by atoms with Crippen LogP contribution in [0.25, 0.3) is 11.1 Å². The summed E-state index contributed by atoms with van der Waals surface area (Å²) in [5.74, 6) is 0.196. The SMILES string of the molecule is CN1C(=O)CCc2cc(-c3cncc(N4CCNC5CC54)c3)ccc21. The summed E-state index contributed by atoms with van der Waals surface area (Å²) in [6, 6.07) is 9.94. The molecule has 5 nitrogen and oxygen atoms in total. The van der Waals surface area contributed by atoms with Crippen molar-refractivity contribution in [1.29, 1.82) is 0 Å². The van der Waals surface area contributed by atoms with Crippen molar-refractivity contribution in [3.8, 4) is 11.1 Å². The van der Waals surface area contributed by atoms with Crippen molar-refractivity contribution in [2.75, 3.05) is 29.9 Å². The third-order valence-electron chi connectivity index (χ3n) is 5.73.